The third-order valence-corrected chi connectivity index (χ3v) is 3.98. The van der Waals surface area contributed by atoms with Crippen molar-refractivity contribution in [2.24, 2.45) is 0 Å². The summed E-state index contributed by atoms with van der Waals surface area (Å²) in [5.74, 6) is -19.2. The van der Waals surface area contributed by atoms with Gasteiger partial charge < -0.3 is 9.47 Å². The number of hydrogen-bond acceptors (Lipinski definition) is 2. The largest absolute Gasteiger partial charge is 0.494 e. The van der Waals surface area contributed by atoms with E-state index in [1.54, 1.807) is 6.92 Å². The van der Waals surface area contributed by atoms with Crippen LogP contribution in [-0.4, -0.2) is 37.7 Å². The molecule has 0 amide bonds. The third-order valence-electron chi connectivity index (χ3n) is 3.98. The van der Waals surface area contributed by atoms with Crippen molar-refractivity contribution in [3.8, 4) is 5.75 Å². The Morgan fingerprint density at radius 1 is 0.889 bits per heavy atom. The highest BCUT2D eigenvalue weighted by Crippen LogP contribution is 2.56. The number of rotatable bonds is 8. The van der Waals surface area contributed by atoms with Crippen LogP contribution in [0.2, 0.25) is 0 Å². The zero-order chi connectivity index (χ0) is 21.3. The van der Waals surface area contributed by atoms with Crippen molar-refractivity contribution in [1.29, 1.82) is 0 Å². The summed E-state index contributed by atoms with van der Waals surface area (Å²) in [6.45, 7) is 2.66. The summed E-state index contributed by atoms with van der Waals surface area (Å²) in [5, 5.41) is 0. The normalized spacial score (nSPS) is 16.1. The van der Waals surface area contributed by atoms with E-state index in [2.05, 4.69) is 0 Å². The fraction of sp³-hybridized carbons (Fsp3) is 0.625. The van der Waals surface area contributed by atoms with Crippen molar-refractivity contribution < 1.29 is 49.0 Å². The molecule has 1 atom stereocenters. The summed E-state index contributed by atoms with van der Waals surface area (Å²) in [6, 6.07) is 5.02. The van der Waals surface area contributed by atoms with Crippen LogP contribution in [0.15, 0.2) is 24.3 Å². The van der Waals surface area contributed by atoms with Gasteiger partial charge in [0.25, 0.3) is 0 Å². The van der Waals surface area contributed by atoms with Gasteiger partial charge in [-0.3, -0.25) is 0 Å². The summed E-state index contributed by atoms with van der Waals surface area (Å²) in [5.41, 5.74) is -2.47. The number of methoxy groups -OCH3 is 1. The number of alkyl halides is 9. The average Bonchev–Trinajstić information content (AvgIpc) is 2.53. The maximum atomic E-state index is 14.0. The van der Waals surface area contributed by atoms with Gasteiger partial charge in [-0.1, -0.05) is 12.1 Å². The molecule has 156 valence electrons. The fourth-order valence-electron chi connectivity index (χ4n) is 2.32. The van der Waals surface area contributed by atoms with Gasteiger partial charge in [0, 0.05) is 7.11 Å². The smallest absolute Gasteiger partial charge is 0.460 e. The van der Waals surface area contributed by atoms with Crippen LogP contribution in [0.4, 0.5) is 39.5 Å². The van der Waals surface area contributed by atoms with Gasteiger partial charge >= 0.3 is 23.9 Å². The van der Waals surface area contributed by atoms with Crippen molar-refractivity contribution >= 4 is 0 Å². The van der Waals surface area contributed by atoms with Crippen molar-refractivity contribution in [3.63, 3.8) is 0 Å². The van der Waals surface area contributed by atoms with Crippen molar-refractivity contribution in [3.05, 3.63) is 29.8 Å². The van der Waals surface area contributed by atoms with E-state index in [4.69, 9.17) is 9.47 Å². The molecule has 0 bridgehead atoms. The number of halogens is 9. The topological polar surface area (TPSA) is 18.5 Å². The van der Waals surface area contributed by atoms with Gasteiger partial charge in [-0.15, -0.1) is 0 Å². The van der Waals surface area contributed by atoms with Crippen molar-refractivity contribution in [2.75, 3.05) is 13.7 Å². The van der Waals surface area contributed by atoms with Crippen LogP contribution >= 0.6 is 0 Å². The lowest BCUT2D eigenvalue weighted by molar-refractivity contribution is -0.400. The second-order valence-electron chi connectivity index (χ2n) is 5.92. The molecule has 1 aromatic rings. The molecule has 0 saturated heterocycles. The van der Waals surface area contributed by atoms with Crippen LogP contribution in [0.1, 0.15) is 25.8 Å². The Kier molecular flexibility index (Phi) is 6.41. The number of benzene rings is 1. The minimum Gasteiger partial charge on any atom is -0.494 e. The molecule has 0 spiro atoms. The summed E-state index contributed by atoms with van der Waals surface area (Å²) in [6.07, 6.45) is -9.00. The lowest BCUT2D eigenvalue weighted by Gasteiger charge is -2.38. The molecule has 0 radical (unpaired) electrons. The van der Waals surface area contributed by atoms with Gasteiger partial charge in [0.15, 0.2) is 0 Å². The Morgan fingerprint density at radius 2 is 1.44 bits per heavy atom. The van der Waals surface area contributed by atoms with Crippen molar-refractivity contribution in [1.82, 2.24) is 0 Å². The Labute approximate surface area is 149 Å². The predicted molar refractivity (Wildman–Crippen MR) is 77.5 cm³/mol. The molecule has 0 heterocycles. The van der Waals surface area contributed by atoms with Gasteiger partial charge in [-0.2, -0.15) is 39.5 Å². The maximum absolute atomic E-state index is 14.0. The minimum atomic E-state index is -6.94. The third kappa shape index (κ3) is 4.27. The predicted octanol–water partition coefficient (Wildman–Crippen LogP) is 5.81. The lowest BCUT2D eigenvalue weighted by atomic mass is 9.85. The second kappa shape index (κ2) is 7.40. The first-order valence-electron chi connectivity index (χ1n) is 7.54. The van der Waals surface area contributed by atoms with E-state index in [1.807, 2.05) is 0 Å². The number of hydrogen-bond donors (Lipinski definition) is 0. The van der Waals surface area contributed by atoms with Gasteiger partial charge in [-0.05, 0) is 31.5 Å². The van der Waals surface area contributed by atoms with Crippen LogP contribution in [-0.2, 0) is 10.3 Å². The second-order valence-corrected chi connectivity index (χ2v) is 5.92. The molecule has 0 aliphatic rings. The molecule has 1 aromatic carbocycles. The molecular formula is C16H17F9O2. The minimum absolute atomic E-state index is 0.147. The zero-order valence-electron chi connectivity index (χ0n) is 14.4. The van der Waals surface area contributed by atoms with Crippen LogP contribution < -0.4 is 4.74 Å². The zero-order valence-corrected chi connectivity index (χ0v) is 14.4. The molecule has 1 rings (SSSR count). The van der Waals surface area contributed by atoms with Crippen molar-refractivity contribution in [2.45, 2.75) is 49.8 Å². The van der Waals surface area contributed by atoms with E-state index in [1.165, 1.54) is 18.2 Å². The van der Waals surface area contributed by atoms with Gasteiger partial charge in [0.1, 0.15) is 5.75 Å². The molecule has 0 N–H and O–H groups in total. The molecule has 0 aliphatic heterocycles. The Bertz CT molecular complexity index is 643. The monoisotopic (exact) mass is 412 g/mol. The van der Waals surface area contributed by atoms with E-state index in [9.17, 15) is 39.5 Å². The quantitative estimate of drug-likeness (QED) is 0.502. The van der Waals surface area contributed by atoms with Crippen LogP contribution in [0, 0.1) is 0 Å². The van der Waals surface area contributed by atoms with E-state index in [0.29, 0.717) is 0 Å². The molecule has 11 heteroatoms. The van der Waals surface area contributed by atoms with Gasteiger partial charge in [0.2, 0.25) is 0 Å². The molecule has 0 saturated carbocycles. The van der Waals surface area contributed by atoms with Gasteiger partial charge in [0.05, 0.1) is 18.6 Å². The molecule has 0 aliphatic carbocycles. The summed E-state index contributed by atoms with van der Waals surface area (Å²) >= 11 is 0. The first kappa shape index (κ1) is 23.4. The summed E-state index contributed by atoms with van der Waals surface area (Å²) < 4.78 is 128. The van der Waals surface area contributed by atoms with Crippen LogP contribution in [0.25, 0.3) is 0 Å². The molecule has 0 fully saturated rings. The Hall–Kier alpha value is -1.65. The maximum Gasteiger partial charge on any atom is 0.460 e. The highest BCUT2D eigenvalue weighted by molar-refractivity contribution is 5.32. The average molecular weight is 412 g/mol. The number of ether oxygens (including phenoxy) is 2. The molecule has 0 aromatic heterocycles. The van der Waals surface area contributed by atoms with E-state index < -0.39 is 36.0 Å². The molecule has 2 nitrogen and oxygen atoms in total. The lowest BCUT2D eigenvalue weighted by Crippen LogP contribution is -2.62. The standard InChI is InChI=1S/C16H17F9O2/c1-4-27-11-7-5-6-10(8-11)12(2,26-3)9-13(17,18)14(19,20)15(21,22)16(23,24)25/h5-8H,4,9H2,1-3H3. The van der Waals surface area contributed by atoms with Crippen LogP contribution in [0.3, 0.4) is 0 Å². The summed E-state index contributed by atoms with van der Waals surface area (Å²) in [4.78, 5) is 0. The first-order valence-corrected chi connectivity index (χ1v) is 7.54. The van der Waals surface area contributed by atoms with E-state index >= 15 is 0 Å². The highest BCUT2D eigenvalue weighted by Gasteiger charge is 2.82. The van der Waals surface area contributed by atoms with E-state index in [-0.39, 0.29) is 17.9 Å². The Morgan fingerprint density at radius 3 is 1.89 bits per heavy atom. The van der Waals surface area contributed by atoms with Crippen LogP contribution in [0.5, 0.6) is 5.75 Å². The summed E-state index contributed by atoms with van der Waals surface area (Å²) in [7, 11) is 0.837. The molecule has 1 unspecified atom stereocenters. The first-order chi connectivity index (χ1) is 12.1. The SMILES string of the molecule is CCOc1cccc(C(C)(CC(F)(F)C(F)(F)C(F)(F)C(F)(F)F)OC)c1. The van der Waals surface area contributed by atoms with E-state index in [0.717, 1.165) is 20.1 Å². The van der Waals surface area contributed by atoms with Gasteiger partial charge in [-0.25, -0.2) is 0 Å². The Balaban J connectivity index is 3.33. The fourth-order valence-corrected chi connectivity index (χ4v) is 2.32. The highest BCUT2D eigenvalue weighted by atomic mass is 19.4. The molecule has 27 heavy (non-hydrogen) atoms. The molecular weight excluding hydrogens is 395 g/mol.